The third-order valence-corrected chi connectivity index (χ3v) is 5.14. The van der Waals surface area contributed by atoms with Gasteiger partial charge in [-0.1, -0.05) is 28.1 Å². The van der Waals surface area contributed by atoms with E-state index in [-0.39, 0.29) is 0 Å². The van der Waals surface area contributed by atoms with Gasteiger partial charge in [0.25, 0.3) is 0 Å². The minimum Gasteiger partial charge on any atom is -0.340 e. The molecule has 4 nitrogen and oxygen atoms in total. The van der Waals surface area contributed by atoms with E-state index in [4.69, 9.17) is 0 Å². The van der Waals surface area contributed by atoms with E-state index in [1.165, 1.54) is 15.6 Å². The lowest BCUT2D eigenvalue weighted by Gasteiger charge is -2.31. The number of carbonyl (C=O) groups excluding carboxylic acids is 1. The van der Waals surface area contributed by atoms with Gasteiger partial charge in [0.2, 0.25) is 5.91 Å². The van der Waals surface area contributed by atoms with Gasteiger partial charge in [-0.2, -0.15) is 0 Å². The normalized spacial score (nSPS) is 19.4. The van der Waals surface area contributed by atoms with Gasteiger partial charge in [0.1, 0.15) is 0 Å². The number of nitrogens with one attached hydrogen (secondary N) is 1. The highest BCUT2D eigenvalue weighted by Crippen LogP contribution is 2.26. The molecule has 0 spiro atoms. The van der Waals surface area contributed by atoms with E-state index in [9.17, 15) is 4.79 Å². The van der Waals surface area contributed by atoms with Crippen molar-refractivity contribution in [1.82, 2.24) is 15.1 Å². The average Bonchev–Trinajstić information content (AvgIpc) is 2.53. The van der Waals surface area contributed by atoms with Crippen molar-refractivity contribution >= 4 is 21.8 Å². The fourth-order valence-electron chi connectivity index (χ4n) is 3.14. The SMILES string of the molecule is O=C(CCN1CCc2c(Br)cccc2C1)N1CCNCC1. The Labute approximate surface area is 134 Å². The third-order valence-electron chi connectivity index (χ3n) is 4.40. The first-order valence-electron chi connectivity index (χ1n) is 7.71. The Balaban J connectivity index is 1.52. The highest BCUT2D eigenvalue weighted by atomic mass is 79.9. The molecule has 3 rings (SSSR count). The number of benzene rings is 1. The number of rotatable bonds is 3. The minimum absolute atomic E-state index is 0.302. The van der Waals surface area contributed by atoms with Crippen LogP contribution in [0.15, 0.2) is 22.7 Å². The largest absolute Gasteiger partial charge is 0.340 e. The van der Waals surface area contributed by atoms with Crippen LogP contribution in [-0.2, 0) is 17.8 Å². The molecule has 1 fully saturated rings. The van der Waals surface area contributed by atoms with E-state index in [2.05, 4.69) is 44.3 Å². The molecule has 1 aromatic carbocycles. The number of nitrogens with zero attached hydrogens (tertiary/aromatic N) is 2. The van der Waals surface area contributed by atoms with Gasteiger partial charge >= 0.3 is 0 Å². The first-order valence-corrected chi connectivity index (χ1v) is 8.50. The van der Waals surface area contributed by atoms with E-state index >= 15 is 0 Å². The molecule has 2 aliphatic heterocycles. The maximum absolute atomic E-state index is 12.2. The smallest absolute Gasteiger partial charge is 0.223 e. The number of piperazine rings is 1. The summed E-state index contributed by atoms with van der Waals surface area (Å²) in [4.78, 5) is 16.6. The van der Waals surface area contributed by atoms with Gasteiger partial charge in [0.15, 0.2) is 0 Å². The van der Waals surface area contributed by atoms with Crippen molar-refractivity contribution in [2.24, 2.45) is 0 Å². The van der Waals surface area contributed by atoms with Crippen LogP contribution in [0.4, 0.5) is 0 Å². The summed E-state index contributed by atoms with van der Waals surface area (Å²) in [7, 11) is 0. The van der Waals surface area contributed by atoms with Gasteiger partial charge in [-0.25, -0.2) is 0 Å². The van der Waals surface area contributed by atoms with Crippen LogP contribution in [-0.4, -0.2) is 55.0 Å². The first kappa shape index (κ1) is 15.0. The van der Waals surface area contributed by atoms with Crippen LogP contribution < -0.4 is 5.32 Å². The van der Waals surface area contributed by atoms with Gasteiger partial charge in [0.05, 0.1) is 0 Å². The van der Waals surface area contributed by atoms with Crippen LogP contribution in [0, 0.1) is 0 Å². The van der Waals surface area contributed by atoms with Crippen LogP contribution in [0.2, 0.25) is 0 Å². The summed E-state index contributed by atoms with van der Waals surface area (Å²) in [6, 6.07) is 6.41. The van der Waals surface area contributed by atoms with Crippen LogP contribution in [0.5, 0.6) is 0 Å². The second-order valence-electron chi connectivity index (χ2n) is 5.78. The predicted octanol–water partition coefficient (Wildman–Crippen LogP) is 1.63. The molecular formula is C16H22BrN3O. The summed E-state index contributed by atoms with van der Waals surface area (Å²) in [5.74, 6) is 0.302. The average molecular weight is 352 g/mol. The highest BCUT2D eigenvalue weighted by molar-refractivity contribution is 9.10. The number of carbonyl (C=O) groups is 1. The van der Waals surface area contributed by atoms with E-state index in [1.54, 1.807) is 0 Å². The summed E-state index contributed by atoms with van der Waals surface area (Å²) in [5.41, 5.74) is 2.83. The van der Waals surface area contributed by atoms with Crippen molar-refractivity contribution in [1.29, 1.82) is 0 Å². The van der Waals surface area contributed by atoms with Crippen LogP contribution in [0.1, 0.15) is 17.5 Å². The van der Waals surface area contributed by atoms with Gasteiger partial charge in [0, 0.05) is 56.7 Å². The lowest BCUT2D eigenvalue weighted by Crippen LogP contribution is -2.47. The number of hydrogen-bond acceptors (Lipinski definition) is 3. The Morgan fingerprint density at radius 1 is 1.24 bits per heavy atom. The second-order valence-corrected chi connectivity index (χ2v) is 6.64. The lowest BCUT2D eigenvalue weighted by atomic mass is 10.00. The fraction of sp³-hybridized carbons (Fsp3) is 0.562. The van der Waals surface area contributed by atoms with Crippen molar-refractivity contribution < 1.29 is 4.79 Å². The van der Waals surface area contributed by atoms with Crippen LogP contribution in [0.3, 0.4) is 0 Å². The lowest BCUT2D eigenvalue weighted by molar-refractivity contribution is -0.132. The Hall–Kier alpha value is -0.910. The summed E-state index contributed by atoms with van der Waals surface area (Å²) < 4.78 is 1.22. The Morgan fingerprint density at radius 3 is 2.86 bits per heavy atom. The second kappa shape index (κ2) is 6.90. The summed E-state index contributed by atoms with van der Waals surface area (Å²) in [5, 5.41) is 3.28. The number of fused-ring (bicyclic) bond motifs is 1. The molecular weight excluding hydrogens is 330 g/mol. The standard InChI is InChI=1S/C16H22BrN3O/c17-15-3-1-2-13-12-19(8-4-14(13)15)9-5-16(21)20-10-6-18-7-11-20/h1-3,18H,4-12H2. The third kappa shape index (κ3) is 3.65. The fourth-order valence-corrected chi connectivity index (χ4v) is 3.74. The molecule has 21 heavy (non-hydrogen) atoms. The van der Waals surface area contributed by atoms with Gasteiger partial charge < -0.3 is 10.2 Å². The summed E-state index contributed by atoms with van der Waals surface area (Å²) in [6.45, 7) is 6.44. The van der Waals surface area contributed by atoms with E-state index < -0.39 is 0 Å². The topological polar surface area (TPSA) is 35.6 Å². The van der Waals surface area contributed by atoms with Crippen molar-refractivity contribution in [3.8, 4) is 0 Å². The van der Waals surface area contributed by atoms with Crippen LogP contribution >= 0.6 is 15.9 Å². The molecule has 0 atom stereocenters. The zero-order valence-corrected chi connectivity index (χ0v) is 13.9. The molecule has 0 saturated carbocycles. The highest BCUT2D eigenvalue weighted by Gasteiger charge is 2.20. The van der Waals surface area contributed by atoms with Crippen molar-refractivity contribution in [2.45, 2.75) is 19.4 Å². The number of amides is 1. The maximum atomic E-state index is 12.2. The quantitative estimate of drug-likeness (QED) is 0.898. The van der Waals surface area contributed by atoms with Crippen molar-refractivity contribution in [2.75, 3.05) is 39.3 Å². The van der Waals surface area contributed by atoms with E-state index in [0.29, 0.717) is 12.3 Å². The molecule has 0 bridgehead atoms. The molecule has 1 amide bonds. The zero-order valence-electron chi connectivity index (χ0n) is 12.3. The molecule has 2 heterocycles. The monoisotopic (exact) mass is 351 g/mol. The molecule has 114 valence electrons. The first-order chi connectivity index (χ1) is 10.2. The Kier molecular flexibility index (Phi) is 4.93. The Bertz CT molecular complexity index is 514. The van der Waals surface area contributed by atoms with Gasteiger partial charge in [-0.15, -0.1) is 0 Å². The van der Waals surface area contributed by atoms with E-state index in [1.807, 2.05) is 4.90 Å². The zero-order chi connectivity index (χ0) is 14.7. The summed E-state index contributed by atoms with van der Waals surface area (Å²) in [6.07, 6.45) is 1.71. The summed E-state index contributed by atoms with van der Waals surface area (Å²) >= 11 is 3.63. The molecule has 1 saturated heterocycles. The molecule has 0 radical (unpaired) electrons. The number of hydrogen-bond donors (Lipinski definition) is 1. The molecule has 0 aliphatic carbocycles. The molecule has 2 aliphatic rings. The van der Waals surface area contributed by atoms with Crippen LogP contribution in [0.25, 0.3) is 0 Å². The van der Waals surface area contributed by atoms with Crippen molar-refractivity contribution in [3.63, 3.8) is 0 Å². The van der Waals surface area contributed by atoms with Gasteiger partial charge in [-0.05, 0) is 23.6 Å². The molecule has 1 aromatic rings. The predicted molar refractivity (Wildman–Crippen MR) is 87.2 cm³/mol. The van der Waals surface area contributed by atoms with E-state index in [0.717, 1.165) is 52.2 Å². The molecule has 0 aromatic heterocycles. The maximum Gasteiger partial charge on any atom is 0.223 e. The van der Waals surface area contributed by atoms with Gasteiger partial charge in [-0.3, -0.25) is 9.69 Å². The van der Waals surface area contributed by atoms with Crippen molar-refractivity contribution in [3.05, 3.63) is 33.8 Å². The minimum atomic E-state index is 0.302. The number of halogens is 1. The Morgan fingerprint density at radius 2 is 2.05 bits per heavy atom. The molecule has 0 unspecified atom stereocenters. The molecule has 1 N–H and O–H groups in total. The molecule has 5 heteroatoms.